The molecule has 0 aromatic rings. The third-order valence-corrected chi connectivity index (χ3v) is 1.13. The van der Waals surface area contributed by atoms with Gasteiger partial charge in [0.15, 0.2) is 5.78 Å². The molecule has 1 N–H and O–H groups in total. The van der Waals surface area contributed by atoms with Gasteiger partial charge in [-0.1, -0.05) is 13.8 Å². The monoisotopic (exact) mass is 145 g/mol. The van der Waals surface area contributed by atoms with Crippen LogP contribution >= 0.6 is 0 Å². The van der Waals surface area contributed by atoms with Crippen molar-refractivity contribution in [1.29, 1.82) is 0 Å². The van der Waals surface area contributed by atoms with Crippen molar-refractivity contribution < 1.29 is 9.53 Å². The Labute approximate surface area is 61.8 Å². The zero-order valence-corrected chi connectivity index (χ0v) is 6.81. The zero-order chi connectivity index (χ0) is 7.98. The van der Waals surface area contributed by atoms with E-state index >= 15 is 0 Å². The van der Waals surface area contributed by atoms with Crippen LogP contribution in [0.1, 0.15) is 13.8 Å². The minimum atomic E-state index is 0.0804. The first-order valence-electron chi connectivity index (χ1n) is 3.43. The normalized spacial score (nSPS) is 10.4. The molecule has 3 nitrogen and oxygen atoms in total. The first-order chi connectivity index (χ1) is 4.68. The fourth-order valence-corrected chi connectivity index (χ4v) is 0.420. The molecule has 0 amide bonds. The topological polar surface area (TPSA) is 38.3 Å². The highest BCUT2D eigenvalue weighted by Gasteiger charge is 2.05. The van der Waals surface area contributed by atoms with Crippen LogP contribution in [-0.4, -0.2) is 26.2 Å². The van der Waals surface area contributed by atoms with Crippen molar-refractivity contribution in [3.8, 4) is 0 Å². The fraction of sp³-hybridized carbons (Fsp3) is 0.857. The summed E-state index contributed by atoms with van der Waals surface area (Å²) in [7, 11) is 1.78. The average Bonchev–Trinajstić information content (AvgIpc) is 1.88. The molecule has 0 unspecified atom stereocenters. The van der Waals surface area contributed by atoms with Gasteiger partial charge in [-0.2, -0.15) is 0 Å². The second-order valence-corrected chi connectivity index (χ2v) is 2.47. The quantitative estimate of drug-likeness (QED) is 0.449. The zero-order valence-electron chi connectivity index (χ0n) is 6.81. The van der Waals surface area contributed by atoms with Crippen LogP contribution in [0.5, 0.6) is 0 Å². The summed E-state index contributed by atoms with van der Waals surface area (Å²) in [5, 5.41) is 2.79. The third kappa shape index (κ3) is 4.47. The van der Waals surface area contributed by atoms with Crippen LogP contribution in [-0.2, 0) is 9.53 Å². The summed E-state index contributed by atoms with van der Waals surface area (Å²) in [6, 6.07) is 0. The van der Waals surface area contributed by atoms with Crippen molar-refractivity contribution in [2.45, 2.75) is 13.8 Å². The van der Waals surface area contributed by atoms with Gasteiger partial charge < -0.3 is 4.74 Å². The summed E-state index contributed by atoms with van der Waals surface area (Å²) in [6.45, 7) is 4.40. The lowest BCUT2D eigenvalue weighted by Crippen LogP contribution is -2.19. The molecule has 0 saturated heterocycles. The van der Waals surface area contributed by atoms with E-state index in [-0.39, 0.29) is 18.3 Å². The van der Waals surface area contributed by atoms with Crippen LogP contribution in [0.25, 0.3) is 0 Å². The molecule has 0 atom stereocenters. The molecular weight excluding hydrogens is 130 g/mol. The van der Waals surface area contributed by atoms with Crippen molar-refractivity contribution in [3.05, 3.63) is 0 Å². The Balaban J connectivity index is 3.22. The van der Waals surface area contributed by atoms with Crippen molar-refractivity contribution >= 4 is 5.78 Å². The van der Waals surface area contributed by atoms with Gasteiger partial charge in [-0.15, -0.1) is 0 Å². The van der Waals surface area contributed by atoms with Crippen molar-refractivity contribution in [2.24, 2.45) is 5.92 Å². The van der Waals surface area contributed by atoms with E-state index in [9.17, 15) is 4.79 Å². The maximum Gasteiger partial charge on any atom is 0.161 e. The van der Waals surface area contributed by atoms with E-state index in [2.05, 4.69) is 5.32 Å². The molecule has 3 heteroatoms. The van der Waals surface area contributed by atoms with Crippen LogP contribution < -0.4 is 5.32 Å². The largest absolute Gasteiger partial charge is 0.359 e. The maximum atomic E-state index is 10.9. The van der Waals surface area contributed by atoms with Crippen LogP contribution in [0.3, 0.4) is 0 Å². The summed E-state index contributed by atoms with van der Waals surface area (Å²) < 4.78 is 4.95. The highest BCUT2D eigenvalue weighted by atomic mass is 16.5. The van der Waals surface area contributed by atoms with Crippen LogP contribution in [0.2, 0.25) is 0 Å². The van der Waals surface area contributed by atoms with Crippen LogP contribution in [0.4, 0.5) is 0 Å². The minimum absolute atomic E-state index is 0.0804. The summed E-state index contributed by atoms with van der Waals surface area (Å²) >= 11 is 0. The average molecular weight is 145 g/mol. The number of carbonyl (C=O) groups excluding carboxylic acids is 1. The number of hydrogen-bond donors (Lipinski definition) is 1. The Bertz CT molecular complexity index is 102. The van der Waals surface area contributed by atoms with Gasteiger partial charge in [0.25, 0.3) is 0 Å². The molecule has 60 valence electrons. The fourth-order valence-electron chi connectivity index (χ4n) is 0.420. The highest BCUT2D eigenvalue weighted by molar-refractivity contribution is 5.81. The molecule has 0 aliphatic rings. The van der Waals surface area contributed by atoms with Crippen LogP contribution in [0.15, 0.2) is 0 Å². The van der Waals surface area contributed by atoms with Crippen molar-refractivity contribution in [1.82, 2.24) is 5.32 Å². The molecule has 0 bridgehead atoms. The van der Waals surface area contributed by atoms with Gasteiger partial charge in [-0.05, 0) is 7.05 Å². The smallest absolute Gasteiger partial charge is 0.161 e. The second kappa shape index (κ2) is 5.38. The lowest BCUT2D eigenvalue weighted by atomic mass is 10.1. The molecule has 0 saturated carbocycles. The molecular formula is C7H15NO2. The number of carbonyl (C=O) groups is 1. The van der Waals surface area contributed by atoms with E-state index in [0.717, 1.165) is 0 Å². The predicted molar refractivity (Wildman–Crippen MR) is 39.7 cm³/mol. The molecule has 0 aromatic heterocycles. The lowest BCUT2D eigenvalue weighted by molar-refractivity contribution is -0.126. The van der Waals surface area contributed by atoms with Gasteiger partial charge in [0.05, 0.1) is 6.73 Å². The SMILES string of the molecule is CNCOCC(=O)C(C)C. The maximum absolute atomic E-state index is 10.9. The minimum Gasteiger partial charge on any atom is -0.359 e. The van der Waals surface area contributed by atoms with Gasteiger partial charge >= 0.3 is 0 Å². The van der Waals surface area contributed by atoms with Gasteiger partial charge in [0.1, 0.15) is 6.61 Å². The molecule has 0 radical (unpaired) electrons. The van der Waals surface area contributed by atoms with Crippen molar-refractivity contribution in [2.75, 3.05) is 20.4 Å². The molecule has 0 rings (SSSR count). The van der Waals surface area contributed by atoms with Crippen molar-refractivity contribution in [3.63, 3.8) is 0 Å². The van der Waals surface area contributed by atoms with E-state index in [1.54, 1.807) is 7.05 Å². The summed E-state index contributed by atoms with van der Waals surface area (Å²) in [5.74, 6) is 0.229. The van der Waals surface area contributed by atoms with Gasteiger partial charge in [0, 0.05) is 5.92 Å². The molecule has 0 aromatic carbocycles. The van der Waals surface area contributed by atoms with Gasteiger partial charge in [-0.25, -0.2) is 0 Å². The Hall–Kier alpha value is -0.410. The van der Waals surface area contributed by atoms with E-state index in [0.29, 0.717) is 6.73 Å². The Morgan fingerprint density at radius 1 is 1.60 bits per heavy atom. The first-order valence-corrected chi connectivity index (χ1v) is 3.43. The molecule has 0 fully saturated rings. The molecule has 0 heterocycles. The molecule has 0 aliphatic carbocycles. The summed E-state index contributed by atoms with van der Waals surface area (Å²) in [5.41, 5.74) is 0. The van der Waals surface area contributed by atoms with E-state index < -0.39 is 0 Å². The number of rotatable bonds is 5. The number of ketones is 1. The Morgan fingerprint density at radius 3 is 2.60 bits per heavy atom. The first kappa shape index (κ1) is 9.59. The Morgan fingerprint density at radius 2 is 2.20 bits per heavy atom. The summed E-state index contributed by atoms with van der Waals surface area (Å²) in [4.78, 5) is 10.9. The van der Waals surface area contributed by atoms with Crippen LogP contribution in [0, 0.1) is 5.92 Å². The lowest BCUT2D eigenvalue weighted by Gasteiger charge is -2.03. The molecule has 10 heavy (non-hydrogen) atoms. The number of nitrogens with one attached hydrogen (secondary N) is 1. The standard InChI is InChI=1S/C7H15NO2/c1-6(2)7(9)4-10-5-8-3/h6,8H,4-5H2,1-3H3. The van der Waals surface area contributed by atoms with E-state index in [1.807, 2.05) is 13.8 Å². The molecule has 0 spiro atoms. The van der Waals surface area contributed by atoms with E-state index in [1.165, 1.54) is 0 Å². The van der Waals surface area contributed by atoms with Gasteiger partial charge in [-0.3, -0.25) is 10.1 Å². The van der Waals surface area contributed by atoms with Gasteiger partial charge in [0.2, 0.25) is 0 Å². The number of hydrogen-bond acceptors (Lipinski definition) is 3. The Kier molecular flexibility index (Phi) is 5.16. The number of ether oxygens (including phenoxy) is 1. The second-order valence-electron chi connectivity index (χ2n) is 2.47. The third-order valence-electron chi connectivity index (χ3n) is 1.13. The van der Waals surface area contributed by atoms with E-state index in [4.69, 9.17) is 4.74 Å². The predicted octanol–water partition coefficient (Wildman–Crippen LogP) is 0.405. The summed E-state index contributed by atoms with van der Waals surface area (Å²) in [6.07, 6.45) is 0. The highest BCUT2D eigenvalue weighted by Crippen LogP contribution is 1.93. The number of Topliss-reactive ketones (excluding diaryl/α,β-unsaturated/α-hetero) is 1. The molecule has 0 aliphatic heterocycles.